The Morgan fingerprint density at radius 1 is 1.14 bits per heavy atom. The van der Waals surface area contributed by atoms with Crippen molar-refractivity contribution in [3.05, 3.63) is 0 Å². The van der Waals surface area contributed by atoms with E-state index in [2.05, 4.69) is 24.1 Å². The highest BCUT2D eigenvalue weighted by Crippen LogP contribution is 2.18. The third kappa shape index (κ3) is 8.05. The van der Waals surface area contributed by atoms with Crippen LogP contribution < -0.4 is 5.32 Å². The van der Waals surface area contributed by atoms with Crippen molar-refractivity contribution >= 4 is 11.9 Å². The molecule has 0 aliphatic carbocycles. The second kappa shape index (κ2) is 9.77. The lowest BCUT2D eigenvalue weighted by Gasteiger charge is -2.32. The van der Waals surface area contributed by atoms with Crippen LogP contribution in [0.4, 0.5) is 0 Å². The summed E-state index contributed by atoms with van der Waals surface area (Å²) in [7, 11) is 0. The molecule has 0 aromatic rings. The van der Waals surface area contributed by atoms with Gasteiger partial charge in [-0.1, -0.05) is 26.7 Å². The van der Waals surface area contributed by atoms with E-state index in [1.54, 1.807) is 0 Å². The first-order valence-corrected chi connectivity index (χ1v) is 8.00. The van der Waals surface area contributed by atoms with Crippen LogP contribution in [0.3, 0.4) is 0 Å². The van der Waals surface area contributed by atoms with E-state index >= 15 is 0 Å². The van der Waals surface area contributed by atoms with Gasteiger partial charge in [0.1, 0.15) is 6.04 Å². The van der Waals surface area contributed by atoms with E-state index in [1.807, 2.05) is 13.8 Å². The van der Waals surface area contributed by atoms with Crippen molar-refractivity contribution in [3.8, 4) is 0 Å². The highest BCUT2D eigenvalue weighted by Gasteiger charge is 2.31. The summed E-state index contributed by atoms with van der Waals surface area (Å²) in [4.78, 5) is 25.4. The van der Waals surface area contributed by atoms with Gasteiger partial charge in [-0.3, -0.25) is 9.59 Å². The number of rotatable bonds is 11. The van der Waals surface area contributed by atoms with Crippen molar-refractivity contribution in [1.29, 1.82) is 0 Å². The van der Waals surface area contributed by atoms with E-state index in [9.17, 15) is 9.59 Å². The molecule has 0 saturated heterocycles. The molecule has 0 aromatic heterocycles. The zero-order valence-corrected chi connectivity index (χ0v) is 14.2. The standard InChI is InChI=1S/C16H32N2O3/c1-6-8-10-18(11-9-7-2)12-16(4,5)15(21)17-13(3)14(19)20/h13H,6-12H2,1-5H3,(H,17,21)(H,19,20). The summed E-state index contributed by atoms with van der Waals surface area (Å²) >= 11 is 0. The molecule has 0 saturated carbocycles. The molecule has 0 aromatic carbocycles. The highest BCUT2D eigenvalue weighted by molar-refractivity contribution is 5.86. The van der Waals surface area contributed by atoms with E-state index in [0.29, 0.717) is 6.54 Å². The number of hydrogen-bond donors (Lipinski definition) is 2. The Hall–Kier alpha value is -1.10. The normalized spacial score (nSPS) is 13.2. The summed E-state index contributed by atoms with van der Waals surface area (Å²) < 4.78 is 0. The van der Waals surface area contributed by atoms with Gasteiger partial charge in [0.15, 0.2) is 0 Å². The molecular formula is C16H32N2O3. The second-order valence-electron chi connectivity index (χ2n) is 6.40. The van der Waals surface area contributed by atoms with Gasteiger partial charge < -0.3 is 15.3 Å². The maximum atomic E-state index is 12.3. The third-order valence-corrected chi connectivity index (χ3v) is 3.61. The van der Waals surface area contributed by atoms with Crippen molar-refractivity contribution in [2.24, 2.45) is 5.41 Å². The molecule has 1 unspecified atom stereocenters. The number of carboxylic acids is 1. The lowest BCUT2D eigenvalue weighted by Crippen LogP contribution is -2.49. The molecule has 0 rings (SSSR count). The van der Waals surface area contributed by atoms with Gasteiger partial charge in [0.25, 0.3) is 0 Å². The largest absolute Gasteiger partial charge is 0.480 e. The highest BCUT2D eigenvalue weighted by atomic mass is 16.4. The van der Waals surface area contributed by atoms with E-state index in [0.717, 1.165) is 38.8 Å². The molecular weight excluding hydrogens is 268 g/mol. The van der Waals surface area contributed by atoms with E-state index < -0.39 is 17.4 Å². The lowest BCUT2D eigenvalue weighted by molar-refractivity contribution is -0.143. The Morgan fingerprint density at radius 3 is 2.00 bits per heavy atom. The molecule has 0 fully saturated rings. The fraction of sp³-hybridized carbons (Fsp3) is 0.875. The van der Waals surface area contributed by atoms with Crippen LogP contribution in [0.25, 0.3) is 0 Å². The van der Waals surface area contributed by atoms with Crippen LogP contribution >= 0.6 is 0 Å². The Balaban J connectivity index is 4.61. The van der Waals surface area contributed by atoms with Gasteiger partial charge in [0.2, 0.25) is 5.91 Å². The molecule has 124 valence electrons. The average Bonchev–Trinajstić information content (AvgIpc) is 2.41. The first-order valence-electron chi connectivity index (χ1n) is 8.00. The Bertz CT molecular complexity index is 321. The van der Waals surface area contributed by atoms with Gasteiger partial charge in [-0.05, 0) is 46.7 Å². The zero-order valence-electron chi connectivity index (χ0n) is 14.2. The summed E-state index contributed by atoms with van der Waals surface area (Å²) in [6.45, 7) is 12.2. The zero-order chi connectivity index (χ0) is 16.5. The average molecular weight is 300 g/mol. The minimum absolute atomic E-state index is 0.199. The van der Waals surface area contributed by atoms with Crippen LogP contribution in [0.15, 0.2) is 0 Å². The third-order valence-electron chi connectivity index (χ3n) is 3.61. The van der Waals surface area contributed by atoms with Gasteiger partial charge >= 0.3 is 5.97 Å². The van der Waals surface area contributed by atoms with E-state index in [1.165, 1.54) is 6.92 Å². The maximum Gasteiger partial charge on any atom is 0.325 e. The van der Waals surface area contributed by atoms with Crippen LogP contribution in [-0.2, 0) is 9.59 Å². The molecule has 0 radical (unpaired) electrons. The quantitative estimate of drug-likeness (QED) is 0.615. The van der Waals surface area contributed by atoms with Crippen molar-refractivity contribution in [2.45, 2.75) is 66.3 Å². The molecule has 0 aliphatic heterocycles. The second-order valence-corrected chi connectivity index (χ2v) is 6.40. The molecule has 1 atom stereocenters. The van der Waals surface area contributed by atoms with Crippen LogP contribution in [0.5, 0.6) is 0 Å². The Morgan fingerprint density at radius 2 is 1.62 bits per heavy atom. The smallest absolute Gasteiger partial charge is 0.325 e. The van der Waals surface area contributed by atoms with Gasteiger partial charge in [-0.25, -0.2) is 0 Å². The molecule has 0 heterocycles. The molecule has 1 amide bonds. The fourth-order valence-corrected chi connectivity index (χ4v) is 2.12. The number of nitrogens with zero attached hydrogens (tertiary/aromatic N) is 1. The van der Waals surface area contributed by atoms with Gasteiger partial charge in [-0.2, -0.15) is 0 Å². The monoisotopic (exact) mass is 300 g/mol. The summed E-state index contributed by atoms with van der Waals surface area (Å²) in [6.07, 6.45) is 4.50. The van der Waals surface area contributed by atoms with Crippen molar-refractivity contribution in [3.63, 3.8) is 0 Å². The van der Waals surface area contributed by atoms with Gasteiger partial charge in [-0.15, -0.1) is 0 Å². The number of carbonyl (C=O) groups is 2. The first kappa shape index (κ1) is 19.9. The number of unbranched alkanes of at least 4 members (excludes halogenated alkanes) is 2. The lowest BCUT2D eigenvalue weighted by atomic mass is 9.90. The van der Waals surface area contributed by atoms with E-state index in [-0.39, 0.29) is 5.91 Å². The molecule has 5 heteroatoms. The number of amides is 1. The number of aliphatic carboxylic acids is 1. The predicted molar refractivity (Wildman–Crippen MR) is 85.3 cm³/mol. The van der Waals surface area contributed by atoms with Crippen LogP contribution in [0.1, 0.15) is 60.3 Å². The summed E-state index contributed by atoms with van der Waals surface area (Å²) in [5, 5.41) is 11.5. The summed E-state index contributed by atoms with van der Waals surface area (Å²) in [5.74, 6) is -1.21. The van der Waals surface area contributed by atoms with Crippen molar-refractivity contribution in [1.82, 2.24) is 10.2 Å². The van der Waals surface area contributed by atoms with Crippen LogP contribution in [0.2, 0.25) is 0 Å². The van der Waals surface area contributed by atoms with Crippen molar-refractivity contribution in [2.75, 3.05) is 19.6 Å². The topological polar surface area (TPSA) is 69.6 Å². The molecule has 2 N–H and O–H groups in total. The first-order chi connectivity index (χ1) is 9.74. The Kier molecular flexibility index (Phi) is 9.26. The van der Waals surface area contributed by atoms with Crippen molar-refractivity contribution < 1.29 is 14.7 Å². The van der Waals surface area contributed by atoms with Crippen LogP contribution in [0, 0.1) is 5.41 Å². The molecule has 0 bridgehead atoms. The summed E-state index contributed by atoms with van der Waals surface area (Å²) in [5.41, 5.74) is -0.592. The number of carbonyl (C=O) groups excluding carboxylic acids is 1. The van der Waals surface area contributed by atoms with Gasteiger partial charge in [0.05, 0.1) is 5.41 Å². The number of carboxylic acid groups (broad SMARTS) is 1. The molecule has 5 nitrogen and oxygen atoms in total. The SMILES string of the molecule is CCCCN(CCCC)CC(C)(C)C(=O)NC(C)C(=O)O. The number of nitrogens with one attached hydrogen (secondary N) is 1. The fourth-order valence-electron chi connectivity index (χ4n) is 2.12. The number of hydrogen-bond acceptors (Lipinski definition) is 3. The molecule has 21 heavy (non-hydrogen) atoms. The van der Waals surface area contributed by atoms with Gasteiger partial charge in [0, 0.05) is 6.54 Å². The molecule has 0 spiro atoms. The molecule has 0 aliphatic rings. The summed E-state index contributed by atoms with van der Waals surface area (Å²) in [6, 6.07) is -0.850. The predicted octanol–water partition coefficient (Wildman–Crippen LogP) is 2.50. The van der Waals surface area contributed by atoms with Crippen LogP contribution in [-0.4, -0.2) is 47.6 Å². The maximum absolute atomic E-state index is 12.3. The Labute approximate surface area is 129 Å². The minimum Gasteiger partial charge on any atom is -0.480 e. The van der Waals surface area contributed by atoms with E-state index in [4.69, 9.17) is 5.11 Å². The minimum atomic E-state index is -1.01.